The molecular formula is C12H11ClN2O5. The number of aromatic nitrogens is 1. The zero-order valence-corrected chi connectivity index (χ0v) is 11.3. The fourth-order valence-electron chi connectivity index (χ4n) is 1.77. The maximum absolute atomic E-state index is 12.0. The highest BCUT2D eigenvalue weighted by Crippen LogP contribution is 2.31. The molecular weight excluding hydrogens is 288 g/mol. The number of fused-ring (bicyclic) bond motifs is 1. The van der Waals surface area contributed by atoms with E-state index in [2.05, 4.69) is 4.98 Å². The quantitative estimate of drug-likeness (QED) is 0.518. The van der Waals surface area contributed by atoms with Crippen molar-refractivity contribution in [2.24, 2.45) is 0 Å². The van der Waals surface area contributed by atoms with Gasteiger partial charge in [-0.1, -0.05) is 0 Å². The molecule has 0 fully saturated rings. The van der Waals surface area contributed by atoms with E-state index < -0.39 is 16.0 Å². The highest BCUT2D eigenvalue weighted by Gasteiger charge is 2.17. The first-order chi connectivity index (χ1) is 9.58. The molecule has 0 spiro atoms. The van der Waals surface area contributed by atoms with Crippen molar-refractivity contribution in [3.05, 3.63) is 38.7 Å². The summed E-state index contributed by atoms with van der Waals surface area (Å²) in [5.74, 6) is 1.02. The topological polar surface area (TPSA) is 94.5 Å². The molecule has 106 valence electrons. The molecule has 0 atom stereocenters. The van der Waals surface area contributed by atoms with Crippen molar-refractivity contribution in [2.75, 3.05) is 19.6 Å². The predicted octanol–water partition coefficient (Wildman–Crippen LogP) is 2.06. The number of H-pyrrole nitrogens is 1. The Morgan fingerprint density at radius 1 is 1.40 bits per heavy atom. The molecule has 0 aliphatic rings. The van der Waals surface area contributed by atoms with Gasteiger partial charge in [-0.2, -0.15) is 0 Å². The van der Waals surface area contributed by atoms with Crippen LogP contribution in [0.2, 0.25) is 0 Å². The molecule has 7 nitrogen and oxygen atoms in total. The number of alkyl halides is 1. The average Bonchev–Trinajstić information content (AvgIpc) is 2.44. The number of ether oxygens (including phenoxy) is 2. The van der Waals surface area contributed by atoms with Crippen LogP contribution in [0.5, 0.6) is 11.5 Å². The second-order valence-corrected chi connectivity index (χ2v) is 4.22. The Morgan fingerprint density at radius 2 is 2.15 bits per heavy atom. The standard InChI is InChI=1S/C12H11ClN2O5/c1-19-10-4-7-8(5-11(10)20-3-2-13)14-6-9(12(7)16)15(17)18/h4-6H,2-3H2,1H3,(H,14,16). The summed E-state index contributed by atoms with van der Waals surface area (Å²) < 4.78 is 10.5. The maximum atomic E-state index is 12.0. The highest BCUT2D eigenvalue weighted by atomic mass is 35.5. The summed E-state index contributed by atoms with van der Waals surface area (Å²) in [7, 11) is 1.42. The van der Waals surface area contributed by atoms with Gasteiger partial charge in [-0.25, -0.2) is 0 Å². The van der Waals surface area contributed by atoms with Crippen molar-refractivity contribution in [3.8, 4) is 11.5 Å². The minimum atomic E-state index is -0.733. The van der Waals surface area contributed by atoms with Crippen LogP contribution in [0.4, 0.5) is 5.69 Å². The van der Waals surface area contributed by atoms with Crippen LogP contribution in [-0.2, 0) is 0 Å². The molecule has 8 heteroatoms. The third kappa shape index (κ3) is 2.53. The van der Waals surface area contributed by atoms with Crippen molar-refractivity contribution in [3.63, 3.8) is 0 Å². The van der Waals surface area contributed by atoms with Crippen LogP contribution >= 0.6 is 11.6 Å². The van der Waals surface area contributed by atoms with Gasteiger partial charge in [0.2, 0.25) is 0 Å². The molecule has 1 heterocycles. The lowest BCUT2D eigenvalue weighted by Crippen LogP contribution is -2.10. The number of nitro groups is 1. The van der Waals surface area contributed by atoms with Gasteiger partial charge in [0, 0.05) is 6.07 Å². The van der Waals surface area contributed by atoms with E-state index >= 15 is 0 Å². The SMILES string of the molecule is COc1cc2c(=O)c([N+](=O)[O-])c[nH]c2cc1OCCCl. The molecule has 1 aromatic carbocycles. The van der Waals surface area contributed by atoms with Crippen molar-refractivity contribution in [1.82, 2.24) is 4.98 Å². The van der Waals surface area contributed by atoms with Gasteiger partial charge >= 0.3 is 5.69 Å². The summed E-state index contributed by atoms with van der Waals surface area (Å²) in [4.78, 5) is 24.7. The molecule has 1 aromatic heterocycles. The molecule has 20 heavy (non-hydrogen) atoms. The first-order valence-corrected chi connectivity index (χ1v) is 6.18. The lowest BCUT2D eigenvalue weighted by atomic mass is 10.2. The number of benzene rings is 1. The number of aromatic amines is 1. The monoisotopic (exact) mass is 298 g/mol. The summed E-state index contributed by atoms with van der Waals surface area (Å²) in [6.07, 6.45) is 1.06. The number of nitrogens with zero attached hydrogens (tertiary/aromatic N) is 1. The van der Waals surface area contributed by atoms with Gasteiger partial charge in [0.1, 0.15) is 6.61 Å². The van der Waals surface area contributed by atoms with Crippen LogP contribution in [0.1, 0.15) is 0 Å². The van der Waals surface area contributed by atoms with E-state index in [9.17, 15) is 14.9 Å². The Balaban J connectivity index is 2.64. The van der Waals surface area contributed by atoms with Gasteiger partial charge in [-0.05, 0) is 6.07 Å². The zero-order valence-electron chi connectivity index (χ0n) is 10.5. The smallest absolute Gasteiger partial charge is 0.332 e. The predicted molar refractivity (Wildman–Crippen MR) is 74.0 cm³/mol. The van der Waals surface area contributed by atoms with Crippen LogP contribution in [0.3, 0.4) is 0 Å². The Bertz CT molecular complexity index is 713. The molecule has 2 aromatic rings. The van der Waals surface area contributed by atoms with Gasteiger partial charge in [-0.3, -0.25) is 14.9 Å². The molecule has 0 aliphatic carbocycles. The number of methoxy groups -OCH3 is 1. The molecule has 0 bridgehead atoms. The van der Waals surface area contributed by atoms with Crippen LogP contribution in [0, 0.1) is 10.1 Å². The lowest BCUT2D eigenvalue weighted by molar-refractivity contribution is -0.386. The Labute approximate surface area is 118 Å². The fourth-order valence-corrected chi connectivity index (χ4v) is 1.85. The average molecular weight is 299 g/mol. The van der Waals surface area contributed by atoms with Gasteiger partial charge < -0.3 is 14.5 Å². The van der Waals surface area contributed by atoms with Crippen molar-refractivity contribution in [1.29, 1.82) is 0 Å². The van der Waals surface area contributed by atoms with Crippen LogP contribution < -0.4 is 14.9 Å². The zero-order chi connectivity index (χ0) is 14.7. The molecule has 2 rings (SSSR count). The third-order valence-corrected chi connectivity index (χ3v) is 2.83. The third-order valence-electron chi connectivity index (χ3n) is 2.68. The second-order valence-electron chi connectivity index (χ2n) is 3.85. The number of pyridine rings is 1. The van der Waals surface area contributed by atoms with Crippen LogP contribution in [0.25, 0.3) is 10.9 Å². The van der Waals surface area contributed by atoms with Gasteiger partial charge in [0.15, 0.2) is 11.5 Å². The lowest BCUT2D eigenvalue weighted by Gasteiger charge is -2.10. The molecule has 1 N–H and O–H groups in total. The first kappa shape index (κ1) is 14.1. The van der Waals surface area contributed by atoms with Gasteiger partial charge in [0.25, 0.3) is 5.43 Å². The molecule has 0 radical (unpaired) electrons. The number of hydrogen-bond acceptors (Lipinski definition) is 5. The minimum Gasteiger partial charge on any atom is -0.493 e. The van der Waals surface area contributed by atoms with E-state index in [0.29, 0.717) is 22.9 Å². The molecule has 0 saturated carbocycles. The van der Waals surface area contributed by atoms with Crippen molar-refractivity contribution >= 4 is 28.2 Å². The summed E-state index contributed by atoms with van der Waals surface area (Å²) in [6, 6.07) is 2.95. The molecule has 0 saturated heterocycles. The van der Waals surface area contributed by atoms with Gasteiger partial charge in [-0.15, -0.1) is 11.6 Å². The van der Waals surface area contributed by atoms with E-state index in [1.54, 1.807) is 6.07 Å². The summed E-state index contributed by atoms with van der Waals surface area (Å²) in [5.41, 5.74) is -0.772. The first-order valence-electron chi connectivity index (χ1n) is 5.65. The summed E-state index contributed by atoms with van der Waals surface area (Å²) in [5, 5.41) is 10.9. The van der Waals surface area contributed by atoms with Gasteiger partial charge in [0.05, 0.1) is 35.0 Å². The molecule has 0 aliphatic heterocycles. The highest BCUT2D eigenvalue weighted by molar-refractivity contribution is 6.18. The van der Waals surface area contributed by atoms with Crippen LogP contribution in [-0.4, -0.2) is 29.5 Å². The Kier molecular flexibility index (Phi) is 4.09. The van der Waals surface area contributed by atoms with Crippen molar-refractivity contribution in [2.45, 2.75) is 0 Å². The number of rotatable bonds is 5. The maximum Gasteiger partial charge on any atom is 0.332 e. The second kappa shape index (κ2) is 5.79. The van der Waals surface area contributed by atoms with Crippen molar-refractivity contribution < 1.29 is 14.4 Å². The van der Waals surface area contributed by atoms with E-state index in [4.69, 9.17) is 21.1 Å². The summed E-state index contributed by atoms with van der Waals surface area (Å²) >= 11 is 5.55. The summed E-state index contributed by atoms with van der Waals surface area (Å²) in [6.45, 7) is 0.278. The Morgan fingerprint density at radius 3 is 2.75 bits per heavy atom. The fraction of sp³-hybridized carbons (Fsp3) is 0.250. The largest absolute Gasteiger partial charge is 0.493 e. The van der Waals surface area contributed by atoms with Crippen LogP contribution in [0.15, 0.2) is 23.1 Å². The number of hydrogen-bond donors (Lipinski definition) is 1. The minimum absolute atomic E-state index is 0.161. The number of halogens is 1. The Hall–Kier alpha value is -2.28. The normalized spacial score (nSPS) is 10.5. The van der Waals surface area contributed by atoms with E-state index in [0.717, 1.165) is 6.20 Å². The molecule has 0 amide bonds. The van der Waals surface area contributed by atoms with E-state index in [-0.39, 0.29) is 12.0 Å². The molecule has 0 unspecified atom stereocenters. The van der Waals surface area contributed by atoms with E-state index in [1.165, 1.54) is 13.2 Å². The van der Waals surface area contributed by atoms with E-state index in [1.807, 2.05) is 0 Å². The number of nitrogens with one attached hydrogen (secondary N) is 1.